The molecule has 150 valence electrons. The number of esters is 1. The van der Waals surface area contributed by atoms with Crippen LogP contribution in [0.1, 0.15) is 59.3 Å². The summed E-state index contributed by atoms with van der Waals surface area (Å²) in [7, 11) is 0. The molecule has 0 aromatic carbocycles. The number of carbonyl (C=O) groups is 2. The summed E-state index contributed by atoms with van der Waals surface area (Å²) in [5.41, 5.74) is -0.0482. The molecule has 0 radical (unpaired) electrons. The molecule has 5 heteroatoms. The van der Waals surface area contributed by atoms with E-state index in [-0.39, 0.29) is 41.2 Å². The predicted molar refractivity (Wildman–Crippen MR) is 99.6 cm³/mol. The second-order valence-corrected chi connectivity index (χ2v) is 10.1. The fraction of sp³-hybridized carbons (Fsp3) is 0.818. The van der Waals surface area contributed by atoms with Crippen molar-refractivity contribution in [2.75, 3.05) is 6.61 Å². The van der Waals surface area contributed by atoms with E-state index in [1.807, 2.05) is 6.92 Å². The number of aliphatic hydroxyl groups is 2. The Morgan fingerprint density at radius 3 is 2.63 bits per heavy atom. The van der Waals surface area contributed by atoms with Crippen molar-refractivity contribution in [3.8, 4) is 0 Å². The minimum Gasteiger partial charge on any atom is -0.465 e. The lowest BCUT2D eigenvalue weighted by Crippen LogP contribution is -2.64. The first-order valence-electron chi connectivity index (χ1n) is 10.3. The Kier molecular flexibility index (Phi) is 4.36. The lowest BCUT2D eigenvalue weighted by Gasteiger charge is -2.66. The summed E-state index contributed by atoms with van der Waals surface area (Å²) in [4.78, 5) is 23.0. The van der Waals surface area contributed by atoms with Gasteiger partial charge in [-0.05, 0) is 67.3 Å². The first-order valence-corrected chi connectivity index (χ1v) is 10.3. The summed E-state index contributed by atoms with van der Waals surface area (Å²) < 4.78 is 5.38. The zero-order chi connectivity index (χ0) is 19.6. The van der Waals surface area contributed by atoms with Crippen molar-refractivity contribution < 1.29 is 24.5 Å². The van der Waals surface area contributed by atoms with Crippen LogP contribution >= 0.6 is 0 Å². The van der Waals surface area contributed by atoms with Crippen LogP contribution in [0.4, 0.5) is 0 Å². The van der Waals surface area contributed by atoms with E-state index >= 15 is 0 Å². The highest BCUT2D eigenvalue weighted by molar-refractivity contribution is 5.75. The molecule has 8 atom stereocenters. The molecule has 0 aromatic rings. The maximum absolute atomic E-state index is 11.6. The summed E-state index contributed by atoms with van der Waals surface area (Å²) in [6.07, 6.45) is 7.05. The molecule has 2 bridgehead atoms. The first kappa shape index (κ1) is 19.1. The average molecular weight is 376 g/mol. The molecule has 8 unspecified atom stereocenters. The van der Waals surface area contributed by atoms with Crippen LogP contribution in [0.2, 0.25) is 0 Å². The number of carbonyl (C=O) groups excluding carboxylic acids is 2. The maximum atomic E-state index is 11.6. The summed E-state index contributed by atoms with van der Waals surface area (Å²) in [5, 5.41) is 22.1. The van der Waals surface area contributed by atoms with Crippen LogP contribution in [-0.2, 0) is 14.3 Å². The van der Waals surface area contributed by atoms with Gasteiger partial charge < -0.3 is 14.9 Å². The molecule has 0 aliphatic heterocycles. The van der Waals surface area contributed by atoms with Gasteiger partial charge in [-0.25, -0.2) is 0 Å². The monoisotopic (exact) mass is 376 g/mol. The predicted octanol–water partition coefficient (Wildman–Crippen LogP) is 2.64. The van der Waals surface area contributed by atoms with Crippen molar-refractivity contribution in [3.63, 3.8) is 0 Å². The second-order valence-electron chi connectivity index (χ2n) is 10.1. The Morgan fingerprint density at radius 1 is 1.22 bits per heavy atom. The Morgan fingerprint density at radius 2 is 1.96 bits per heavy atom. The van der Waals surface area contributed by atoms with Gasteiger partial charge in [-0.1, -0.05) is 19.9 Å². The number of hydrogen-bond donors (Lipinski definition) is 2. The molecule has 4 rings (SSSR count). The topological polar surface area (TPSA) is 83.8 Å². The Hall–Kier alpha value is -1.20. The molecule has 1 spiro atoms. The van der Waals surface area contributed by atoms with E-state index in [9.17, 15) is 19.8 Å². The van der Waals surface area contributed by atoms with Crippen molar-refractivity contribution in [1.82, 2.24) is 0 Å². The summed E-state index contributed by atoms with van der Waals surface area (Å²) >= 11 is 0. The molecule has 27 heavy (non-hydrogen) atoms. The molecule has 2 N–H and O–H groups in total. The van der Waals surface area contributed by atoms with Crippen LogP contribution in [0.15, 0.2) is 11.6 Å². The average Bonchev–Trinajstić information content (AvgIpc) is 2.91. The summed E-state index contributed by atoms with van der Waals surface area (Å²) in [5.74, 6) is 0.314. The molecule has 0 saturated heterocycles. The van der Waals surface area contributed by atoms with Crippen LogP contribution in [0.5, 0.6) is 0 Å². The highest BCUT2D eigenvalue weighted by Gasteiger charge is 2.67. The lowest BCUT2D eigenvalue weighted by molar-refractivity contribution is -0.224. The van der Waals surface area contributed by atoms with E-state index in [0.717, 1.165) is 37.5 Å². The van der Waals surface area contributed by atoms with Crippen molar-refractivity contribution in [1.29, 1.82) is 0 Å². The summed E-state index contributed by atoms with van der Waals surface area (Å²) in [6, 6.07) is 0. The molecular weight excluding hydrogens is 344 g/mol. The SMILES string of the molecule is CC(=O)OCC1(C)C(O)CCC2(C)C1CC(O)C13C=C(C=O)C(CCC21)C3. The third-order valence-corrected chi connectivity index (χ3v) is 8.87. The fourth-order valence-electron chi connectivity index (χ4n) is 7.51. The van der Waals surface area contributed by atoms with Gasteiger partial charge in [0.1, 0.15) is 6.29 Å². The van der Waals surface area contributed by atoms with Crippen LogP contribution in [0.3, 0.4) is 0 Å². The smallest absolute Gasteiger partial charge is 0.302 e. The number of aliphatic hydroxyl groups excluding tert-OH is 2. The van der Waals surface area contributed by atoms with E-state index in [1.54, 1.807) is 0 Å². The van der Waals surface area contributed by atoms with E-state index in [4.69, 9.17) is 4.74 Å². The van der Waals surface area contributed by atoms with Gasteiger partial charge in [0.05, 0.1) is 18.8 Å². The number of aldehydes is 1. The third-order valence-electron chi connectivity index (χ3n) is 8.87. The van der Waals surface area contributed by atoms with Crippen LogP contribution in [0.25, 0.3) is 0 Å². The van der Waals surface area contributed by atoms with Gasteiger partial charge in [-0.3, -0.25) is 9.59 Å². The van der Waals surface area contributed by atoms with Gasteiger partial charge in [0.15, 0.2) is 0 Å². The quantitative estimate of drug-likeness (QED) is 0.584. The molecule has 3 fully saturated rings. The zero-order valence-corrected chi connectivity index (χ0v) is 16.6. The molecule has 0 aromatic heterocycles. The first-order chi connectivity index (χ1) is 12.7. The fourth-order valence-corrected chi connectivity index (χ4v) is 7.51. The standard InChI is InChI=1S/C22H32O5/c1-13(24)27-12-21(3)17-8-19(26)22-9-14(15(10-22)11-23)4-5-16(22)20(17,2)7-6-18(21)25/h10-11,14,16-19,25-26H,4-9,12H2,1-3H3. The van der Waals surface area contributed by atoms with Crippen LogP contribution in [-0.4, -0.2) is 41.3 Å². The van der Waals surface area contributed by atoms with Crippen molar-refractivity contribution in [2.45, 2.75) is 71.5 Å². The maximum Gasteiger partial charge on any atom is 0.302 e. The second kappa shape index (κ2) is 6.15. The normalized spacial score (nSPS) is 51.0. The molecule has 0 heterocycles. The molecular formula is C22H32O5. The molecule has 5 nitrogen and oxygen atoms in total. The number of rotatable bonds is 3. The minimum absolute atomic E-state index is 0.0484. The minimum atomic E-state index is -0.562. The van der Waals surface area contributed by atoms with Crippen LogP contribution < -0.4 is 0 Å². The Balaban J connectivity index is 1.74. The zero-order valence-electron chi connectivity index (χ0n) is 16.6. The lowest BCUT2D eigenvalue weighted by atomic mass is 9.40. The molecule has 4 aliphatic carbocycles. The third kappa shape index (κ3) is 2.50. The number of hydrogen-bond acceptors (Lipinski definition) is 5. The van der Waals surface area contributed by atoms with Gasteiger partial charge >= 0.3 is 5.97 Å². The number of fused-ring (bicyclic) bond motifs is 3. The van der Waals surface area contributed by atoms with Crippen molar-refractivity contribution in [2.24, 2.45) is 34.0 Å². The number of allylic oxidation sites excluding steroid dienone is 1. The van der Waals surface area contributed by atoms with Gasteiger partial charge in [-0.2, -0.15) is 0 Å². The largest absolute Gasteiger partial charge is 0.465 e. The van der Waals surface area contributed by atoms with E-state index in [2.05, 4.69) is 13.0 Å². The summed E-state index contributed by atoms with van der Waals surface area (Å²) in [6.45, 7) is 5.91. The number of ether oxygens (including phenoxy) is 1. The highest BCUT2D eigenvalue weighted by Crippen LogP contribution is 2.70. The molecule has 3 saturated carbocycles. The molecule has 4 aliphatic rings. The van der Waals surface area contributed by atoms with E-state index in [1.165, 1.54) is 6.92 Å². The van der Waals surface area contributed by atoms with Crippen molar-refractivity contribution in [3.05, 3.63) is 11.6 Å². The van der Waals surface area contributed by atoms with E-state index in [0.29, 0.717) is 12.8 Å². The van der Waals surface area contributed by atoms with E-state index < -0.39 is 17.6 Å². The Labute approximate surface area is 161 Å². The van der Waals surface area contributed by atoms with Gasteiger partial charge in [-0.15, -0.1) is 0 Å². The van der Waals surface area contributed by atoms with Crippen LogP contribution in [0, 0.1) is 34.0 Å². The van der Waals surface area contributed by atoms with Crippen molar-refractivity contribution >= 4 is 12.3 Å². The highest BCUT2D eigenvalue weighted by atomic mass is 16.5. The van der Waals surface area contributed by atoms with Gasteiger partial charge in [0.25, 0.3) is 0 Å². The molecule has 0 amide bonds. The van der Waals surface area contributed by atoms with Gasteiger partial charge in [0.2, 0.25) is 0 Å². The Bertz CT molecular complexity index is 686. The van der Waals surface area contributed by atoms with Gasteiger partial charge in [0, 0.05) is 17.8 Å².